The highest BCUT2D eigenvalue weighted by Crippen LogP contribution is 2.29. The van der Waals surface area contributed by atoms with Crippen molar-refractivity contribution in [1.82, 2.24) is 0 Å². The molecule has 0 aliphatic carbocycles. The number of Topliss-reactive ketones (excluding diaryl/α,β-unsaturated/α-hetero) is 1. The summed E-state index contributed by atoms with van der Waals surface area (Å²) < 4.78 is 0. The normalized spacial score (nSPS) is 12.2. The molecule has 2 nitrogen and oxygen atoms in total. The fraction of sp³-hybridized carbons (Fsp3) is 0.500. The summed E-state index contributed by atoms with van der Waals surface area (Å²) in [6, 6.07) is 9.23. The van der Waals surface area contributed by atoms with Crippen LogP contribution in [0, 0.1) is 17.2 Å². The third-order valence-corrected chi connectivity index (χ3v) is 3.65. The first kappa shape index (κ1) is 15.7. The zero-order valence-electron chi connectivity index (χ0n) is 11.5. The topological polar surface area (TPSA) is 40.9 Å². The van der Waals surface area contributed by atoms with Crippen molar-refractivity contribution in [2.75, 3.05) is 0 Å². The van der Waals surface area contributed by atoms with E-state index in [1.807, 2.05) is 6.07 Å². The van der Waals surface area contributed by atoms with Crippen LogP contribution in [-0.2, 0) is 4.79 Å². The van der Waals surface area contributed by atoms with Crippen LogP contribution in [0.25, 0.3) is 0 Å². The number of nitriles is 1. The third-order valence-electron chi connectivity index (χ3n) is 3.31. The zero-order valence-corrected chi connectivity index (χ0v) is 12.3. The van der Waals surface area contributed by atoms with Crippen molar-refractivity contribution in [2.24, 2.45) is 5.92 Å². The Labute approximate surface area is 120 Å². The predicted molar refractivity (Wildman–Crippen MR) is 78.1 cm³/mol. The number of benzene rings is 1. The summed E-state index contributed by atoms with van der Waals surface area (Å²) >= 11 is 6.10. The Morgan fingerprint density at radius 3 is 2.32 bits per heavy atom. The van der Waals surface area contributed by atoms with Crippen LogP contribution in [0.4, 0.5) is 0 Å². The van der Waals surface area contributed by atoms with Crippen LogP contribution in [-0.4, -0.2) is 5.78 Å². The fourth-order valence-corrected chi connectivity index (χ4v) is 2.60. The van der Waals surface area contributed by atoms with Gasteiger partial charge in [0.15, 0.2) is 5.78 Å². The van der Waals surface area contributed by atoms with Crippen molar-refractivity contribution in [3.63, 3.8) is 0 Å². The minimum atomic E-state index is -0.739. The summed E-state index contributed by atoms with van der Waals surface area (Å²) in [5, 5.41) is 9.82. The molecule has 0 saturated carbocycles. The lowest BCUT2D eigenvalue weighted by molar-refractivity contribution is -0.123. The molecule has 0 radical (unpaired) electrons. The summed E-state index contributed by atoms with van der Waals surface area (Å²) in [5.41, 5.74) is 0.633. The van der Waals surface area contributed by atoms with E-state index in [-0.39, 0.29) is 11.7 Å². The molecule has 0 spiro atoms. The van der Waals surface area contributed by atoms with E-state index in [0.29, 0.717) is 10.6 Å². The Kier molecular flexibility index (Phi) is 6.59. The monoisotopic (exact) mass is 277 g/mol. The van der Waals surface area contributed by atoms with Gasteiger partial charge in [-0.15, -0.1) is 0 Å². The van der Waals surface area contributed by atoms with E-state index in [2.05, 4.69) is 19.9 Å². The highest BCUT2D eigenvalue weighted by Gasteiger charge is 2.28. The number of carbonyl (C=O) groups excluding carboxylic acids is 1. The molecule has 0 aliphatic heterocycles. The van der Waals surface area contributed by atoms with Crippen molar-refractivity contribution >= 4 is 17.4 Å². The Morgan fingerprint density at radius 1 is 1.26 bits per heavy atom. The largest absolute Gasteiger partial charge is 0.298 e. The number of hydrogen-bond acceptors (Lipinski definition) is 2. The number of nitrogens with zero attached hydrogens (tertiary/aromatic N) is 1. The van der Waals surface area contributed by atoms with Crippen LogP contribution in [0.2, 0.25) is 5.02 Å². The molecule has 102 valence electrons. The van der Waals surface area contributed by atoms with Crippen LogP contribution in [0.5, 0.6) is 0 Å². The Bertz CT molecular complexity index is 458. The number of ketones is 1. The second kappa shape index (κ2) is 7.96. The van der Waals surface area contributed by atoms with Crippen LogP contribution in [0.15, 0.2) is 24.3 Å². The van der Waals surface area contributed by atoms with Gasteiger partial charge in [-0.25, -0.2) is 0 Å². The molecule has 0 amide bonds. The molecule has 1 aromatic rings. The second-order valence-corrected chi connectivity index (χ2v) is 5.17. The van der Waals surface area contributed by atoms with Gasteiger partial charge in [0.05, 0.1) is 6.07 Å². The molecule has 19 heavy (non-hydrogen) atoms. The van der Waals surface area contributed by atoms with E-state index >= 15 is 0 Å². The van der Waals surface area contributed by atoms with E-state index in [1.54, 1.807) is 18.2 Å². The summed E-state index contributed by atoms with van der Waals surface area (Å²) in [6.45, 7) is 4.12. The first-order valence-electron chi connectivity index (χ1n) is 6.83. The molecule has 0 aromatic heterocycles. The molecule has 0 bridgehead atoms. The molecule has 1 atom stereocenters. The maximum atomic E-state index is 12.5. The smallest absolute Gasteiger partial charge is 0.157 e. The quantitative estimate of drug-likeness (QED) is 0.723. The fourth-order valence-electron chi connectivity index (χ4n) is 2.36. The van der Waals surface area contributed by atoms with E-state index in [0.717, 1.165) is 25.7 Å². The molecule has 1 unspecified atom stereocenters. The molecule has 0 fully saturated rings. The van der Waals surface area contributed by atoms with Crippen molar-refractivity contribution < 1.29 is 4.79 Å². The summed E-state index contributed by atoms with van der Waals surface area (Å²) in [5.74, 6) is -0.757. The molecule has 1 aromatic carbocycles. The van der Waals surface area contributed by atoms with E-state index in [9.17, 15) is 10.1 Å². The summed E-state index contributed by atoms with van der Waals surface area (Å²) in [6.07, 6.45) is 3.60. The van der Waals surface area contributed by atoms with E-state index < -0.39 is 5.92 Å². The van der Waals surface area contributed by atoms with Gasteiger partial charge in [-0.1, -0.05) is 56.5 Å². The Hall–Kier alpha value is -1.33. The minimum absolute atomic E-state index is 0.0132. The zero-order chi connectivity index (χ0) is 14.3. The summed E-state index contributed by atoms with van der Waals surface area (Å²) in [7, 11) is 0. The number of rotatable bonds is 7. The van der Waals surface area contributed by atoms with Crippen LogP contribution >= 0.6 is 11.6 Å². The van der Waals surface area contributed by atoms with Gasteiger partial charge in [-0.3, -0.25) is 4.79 Å². The van der Waals surface area contributed by atoms with E-state index in [4.69, 9.17) is 11.6 Å². The maximum absolute atomic E-state index is 12.5. The van der Waals surface area contributed by atoms with Gasteiger partial charge >= 0.3 is 0 Å². The van der Waals surface area contributed by atoms with E-state index in [1.165, 1.54) is 0 Å². The predicted octanol–water partition coefficient (Wildman–Crippen LogP) is 4.73. The molecule has 0 N–H and O–H groups in total. The molecular weight excluding hydrogens is 258 g/mol. The van der Waals surface area contributed by atoms with Gasteiger partial charge in [0.25, 0.3) is 0 Å². The number of carbonyl (C=O) groups is 1. The molecule has 0 heterocycles. The highest BCUT2D eigenvalue weighted by molar-refractivity contribution is 6.31. The average molecular weight is 278 g/mol. The molecule has 3 heteroatoms. The maximum Gasteiger partial charge on any atom is 0.157 e. The van der Waals surface area contributed by atoms with Gasteiger partial charge in [0, 0.05) is 10.9 Å². The molecule has 1 rings (SSSR count). The summed E-state index contributed by atoms with van der Waals surface area (Å²) in [4.78, 5) is 12.5. The third kappa shape index (κ3) is 4.08. The van der Waals surface area contributed by atoms with Crippen LogP contribution in [0.1, 0.15) is 51.0 Å². The van der Waals surface area contributed by atoms with Crippen molar-refractivity contribution in [1.29, 1.82) is 5.26 Å². The van der Waals surface area contributed by atoms with Crippen molar-refractivity contribution in [3.05, 3.63) is 34.9 Å². The lowest BCUT2D eigenvalue weighted by Gasteiger charge is -2.18. The van der Waals surface area contributed by atoms with Crippen molar-refractivity contribution in [2.45, 2.75) is 45.4 Å². The SMILES string of the molecule is CCCC(CCC)C(=O)C(C#N)c1ccccc1Cl. The first-order valence-corrected chi connectivity index (χ1v) is 7.21. The Balaban J connectivity index is 2.99. The number of halogens is 1. The first-order chi connectivity index (χ1) is 9.15. The van der Waals surface area contributed by atoms with Gasteiger partial charge in [-0.05, 0) is 24.5 Å². The molecular formula is C16H20ClNO. The van der Waals surface area contributed by atoms with Gasteiger partial charge in [0.1, 0.15) is 5.92 Å². The lowest BCUT2D eigenvalue weighted by Crippen LogP contribution is -2.21. The second-order valence-electron chi connectivity index (χ2n) is 4.76. The van der Waals surface area contributed by atoms with Gasteiger partial charge < -0.3 is 0 Å². The average Bonchev–Trinajstić information content (AvgIpc) is 2.41. The highest BCUT2D eigenvalue weighted by atomic mass is 35.5. The van der Waals surface area contributed by atoms with Crippen LogP contribution < -0.4 is 0 Å². The molecule has 0 aliphatic rings. The van der Waals surface area contributed by atoms with Gasteiger partial charge in [0.2, 0.25) is 0 Å². The minimum Gasteiger partial charge on any atom is -0.298 e. The standard InChI is InChI=1S/C16H20ClNO/c1-3-7-12(8-4-2)16(19)14(11-18)13-9-5-6-10-15(13)17/h5-6,9-10,12,14H,3-4,7-8H2,1-2H3. The van der Waals surface area contributed by atoms with Crippen LogP contribution in [0.3, 0.4) is 0 Å². The lowest BCUT2D eigenvalue weighted by atomic mass is 9.84. The Morgan fingerprint density at radius 2 is 1.84 bits per heavy atom. The molecule has 0 saturated heterocycles. The number of hydrogen-bond donors (Lipinski definition) is 0. The van der Waals surface area contributed by atoms with Crippen molar-refractivity contribution in [3.8, 4) is 6.07 Å². The van der Waals surface area contributed by atoms with Gasteiger partial charge in [-0.2, -0.15) is 5.26 Å².